The Kier molecular flexibility index (Phi) is 5.75. The molecule has 0 aliphatic heterocycles. The molecule has 27 heavy (non-hydrogen) atoms. The molecule has 0 bridgehead atoms. The SMILES string of the molecule is CC(C)=CCCC(C)=CCc1cc(C)cc(-n2nc3ccccc3n2)c1O. The smallest absolute Gasteiger partial charge is 0.146 e. The van der Waals surface area contributed by atoms with Crippen LogP contribution in [-0.4, -0.2) is 20.1 Å². The lowest BCUT2D eigenvalue weighted by Gasteiger charge is -2.10. The molecular weight excluding hydrogens is 334 g/mol. The number of aromatic hydroxyl groups is 1. The fourth-order valence-corrected chi connectivity index (χ4v) is 3.08. The van der Waals surface area contributed by atoms with Gasteiger partial charge in [-0.3, -0.25) is 0 Å². The minimum absolute atomic E-state index is 0.245. The molecule has 140 valence electrons. The molecule has 0 aliphatic carbocycles. The standard InChI is InChI=1S/C23H27N3O/c1-16(2)8-7-9-17(3)12-13-19-14-18(4)15-22(23(19)27)26-24-20-10-5-6-11-21(20)25-26/h5-6,8,10-12,14-15,27H,7,9,13H2,1-4H3. The van der Waals surface area contributed by atoms with E-state index >= 15 is 0 Å². The fourth-order valence-electron chi connectivity index (χ4n) is 3.08. The van der Waals surface area contributed by atoms with Crippen LogP contribution in [0.5, 0.6) is 5.75 Å². The number of aryl methyl sites for hydroxylation is 1. The summed E-state index contributed by atoms with van der Waals surface area (Å²) in [6.45, 7) is 8.42. The first kappa shape index (κ1) is 18.9. The monoisotopic (exact) mass is 361 g/mol. The number of aromatic nitrogens is 3. The summed E-state index contributed by atoms with van der Waals surface area (Å²) in [5.41, 5.74) is 6.91. The van der Waals surface area contributed by atoms with Crippen molar-refractivity contribution in [1.82, 2.24) is 15.0 Å². The number of phenolic OH excluding ortho intramolecular Hbond substituents is 1. The Labute approximate surface area is 160 Å². The molecule has 1 heterocycles. The zero-order chi connectivity index (χ0) is 19.4. The van der Waals surface area contributed by atoms with E-state index in [1.807, 2.05) is 43.3 Å². The topological polar surface area (TPSA) is 50.9 Å². The van der Waals surface area contributed by atoms with E-state index in [1.54, 1.807) is 0 Å². The highest BCUT2D eigenvalue weighted by atomic mass is 16.3. The van der Waals surface area contributed by atoms with E-state index in [4.69, 9.17) is 0 Å². The summed E-state index contributed by atoms with van der Waals surface area (Å²) in [4.78, 5) is 1.53. The van der Waals surface area contributed by atoms with Gasteiger partial charge in [0.2, 0.25) is 0 Å². The van der Waals surface area contributed by atoms with Gasteiger partial charge in [0.05, 0.1) is 0 Å². The van der Waals surface area contributed by atoms with Gasteiger partial charge in [-0.05, 0) is 70.7 Å². The van der Waals surface area contributed by atoms with Crippen LogP contribution in [0, 0.1) is 6.92 Å². The molecule has 4 nitrogen and oxygen atoms in total. The second-order valence-corrected chi connectivity index (χ2v) is 7.34. The van der Waals surface area contributed by atoms with Gasteiger partial charge in [0.15, 0.2) is 0 Å². The molecule has 4 heteroatoms. The minimum atomic E-state index is 0.245. The Morgan fingerprint density at radius 3 is 2.33 bits per heavy atom. The van der Waals surface area contributed by atoms with Gasteiger partial charge in [-0.25, -0.2) is 0 Å². The van der Waals surface area contributed by atoms with E-state index in [2.05, 4.69) is 43.1 Å². The van der Waals surface area contributed by atoms with Crippen molar-refractivity contribution in [2.75, 3.05) is 0 Å². The molecule has 0 fully saturated rings. The van der Waals surface area contributed by atoms with E-state index in [0.29, 0.717) is 12.1 Å². The first-order chi connectivity index (χ1) is 12.9. The molecule has 0 amide bonds. The van der Waals surface area contributed by atoms with Crippen molar-refractivity contribution in [3.8, 4) is 11.4 Å². The van der Waals surface area contributed by atoms with E-state index in [0.717, 1.165) is 35.0 Å². The third kappa shape index (κ3) is 4.64. The second-order valence-electron chi connectivity index (χ2n) is 7.34. The molecule has 0 spiro atoms. The maximum atomic E-state index is 10.8. The van der Waals surface area contributed by atoms with Gasteiger partial charge in [0.25, 0.3) is 0 Å². The van der Waals surface area contributed by atoms with E-state index in [1.165, 1.54) is 15.9 Å². The van der Waals surface area contributed by atoms with Crippen LogP contribution in [0.15, 0.2) is 59.7 Å². The predicted octanol–water partition coefficient (Wildman–Crippen LogP) is 5.67. The van der Waals surface area contributed by atoms with Crippen LogP contribution in [0.1, 0.15) is 44.7 Å². The molecule has 0 saturated heterocycles. The molecule has 0 radical (unpaired) electrons. The summed E-state index contributed by atoms with van der Waals surface area (Å²) < 4.78 is 0. The highest BCUT2D eigenvalue weighted by Crippen LogP contribution is 2.29. The highest BCUT2D eigenvalue weighted by molar-refractivity contribution is 5.73. The minimum Gasteiger partial charge on any atom is -0.505 e. The quantitative estimate of drug-likeness (QED) is 0.576. The number of rotatable bonds is 6. The number of fused-ring (bicyclic) bond motifs is 1. The van der Waals surface area contributed by atoms with Crippen LogP contribution in [0.3, 0.4) is 0 Å². The number of hydrogen-bond acceptors (Lipinski definition) is 3. The lowest BCUT2D eigenvalue weighted by atomic mass is 10.0. The van der Waals surface area contributed by atoms with Crippen molar-refractivity contribution < 1.29 is 5.11 Å². The third-order valence-corrected chi connectivity index (χ3v) is 4.58. The van der Waals surface area contributed by atoms with Crippen LogP contribution in [0.4, 0.5) is 0 Å². The fraction of sp³-hybridized carbons (Fsp3) is 0.304. The Balaban J connectivity index is 1.86. The molecular formula is C23H27N3O. The lowest BCUT2D eigenvalue weighted by molar-refractivity contribution is 0.462. The van der Waals surface area contributed by atoms with Crippen molar-refractivity contribution in [3.63, 3.8) is 0 Å². The highest BCUT2D eigenvalue weighted by Gasteiger charge is 2.13. The number of benzene rings is 2. The maximum Gasteiger partial charge on any atom is 0.146 e. The van der Waals surface area contributed by atoms with Gasteiger partial charge in [-0.15, -0.1) is 15.0 Å². The summed E-state index contributed by atoms with van der Waals surface area (Å²) in [7, 11) is 0. The summed E-state index contributed by atoms with van der Waals surface area (Å²) in [5.74, 6) is 0.245. The van der Waals surface area contributed by atoms with Crippen molar-refractivity contribution in [2.45, 2.75) is 47.0 Å². The van der Waals surface area contributed by atoms with Gasteiger partial charge < -0.3 is 5.11 Å². The Morgan fingerprint density at radius 1 is 1.04 bits per heavy atom. The van der Waals surface area contributed by atoms with Gasteiger partial charge >= 0.3 is 0 Å². The Bertz CT molecular complexity index is 975. The summed E-state index contributed by atoms with van der Waals surface area (Å²) in [6.07, 6.45) is 7.25. The van der Waals surface area contributed by atoms with Crippen molar-refractivity contribution in [2.24, 2.45) is 0 Å². The molecule has 1 aromatic heterocycles. The molecule has 1 N–H and O–H groups in total. The molecule has 2 aromatic carbocycles. The first-order valence-electron chi connectivity index (χ1n) is 9.38. The summed E-state index contributed by atoms with van der Waals surface area (Å²) >= 11 is 0. The van der Waals surface area contributed by atoms with E-state index in [-0.39, 0.29) is 5.75 Å². The zero-order valence-electron chi connectivity index (χ0n) is 16.5. The lowest BCUT2D eigenvalue weighted by Crippen LogP contribution is -2.01. The van der Waals surface area contributed by atoms with Crippen LogP contribution < -0.4 is 0 Å². The van der Waals surface area contributed by atoms with E-state index < -0.39 is 0 Å². The Morgan fingerprint density at radius 2 is 1.70 bits per heavy atom. The molecule has 0 aliphatic rings. The molecule has 0 saturated carbocycles. The maximum absolute atomic E-state index is 10.8. The zero-order valence-corrected chi connectivity index (χ0v) is 16.5. The van der Waals surface area contributed by atoms with Crippen LogP contribution >= 0.6 is 0 Å². The molecule has 0 unspecified atom stereocenters. The van der Waals surface area contributed by atoms with Crippen molar-refractivity contribution in [3.05, 3.63) is 70.8 Å². The number of hydrogen-bond donors (Lipinski definition) is 1. The largest absolute Gasteiger partial charge is 0.505 e. The third-order valence-electron chi connectivity index (χ3n) is 4.58. The molecule has 3 aromatic rings. The average Bonchev–Trinajstić information content (AvgIpc) is 3.05. The molecule has 3 rings (SSSR count). The Hall–Kier alpha value is -2.88. The predicted molar refractivity (Wildman–Crippen MR) is 111 cm³/mol. The summed E-state index contributed by atoms with van der Waals surface area (Å²) in [6, 6.07) is 11.7. The number of allylic oxidation sites excluding steroid dienone is 4. The summed E-state index contributed by atoms with van der Waals surface area (Å²) in [5, 5.41) is 19.8. The van der Waals surface area contributed by atoms with Crippen molar-refractivity contribution in [1.29, 1.82) is 0 Å². The van der Waals surface area contributed by atoms with Crippen molar-refractivity contribution >= 4 is 11.0 Å². The second kappa shape index (κ2) is 8.21. The van der Waals surface area contributed by atoms with Gasteiger partial charge in [0, 0.05) is 5.56 Å². The van der Waals surface area contributed by atoms with Crippen LogP contribution in [0.25, 0.3) is 16.7 Å². The van der Waals surface area contributed by atoms with Gasteiger partial charge in [-0.1, -0.05) is 41.5 Å². The number of phenols is 1. The van der Waals surface area contributed by atoms with Crippen LogP contribution in [0.2, 0.25) is 0 Å². The molecule has 0 atom stereocenters. The normalized spacial score (nSPS) is 11.8. The van der Waals surface area contributed by atoms with Crippen LogP contribution in [-0.2, 0) is 6.42 Å². The average molecular weight is 361 g/mol. The number of nitrogens with zero attached hydrogens (tertiary/aromatic N) is 3. The first-order valence-corrected chi connectivity index (χ1v) is 9.38. The van der Waals surface area contributed by atoms with E-state index in [9.17, 15) is 5.11 Å². The van der Waals surface area contributed by atoms with Gasteiger partial charge in [0.1, 0.15) is 22.5 Å². The van der Waals surface area contributed by atoms with Gasteiger partial charge in [-0.2, -0.15) is 0 Å².